The van der Waals surface area contributed by atoms with E-state index in [-0.39, 0.29) is 9.80 Å². The van der Waals surface area contributed by atoms with Crippen LogP contribution < -0.4 is 4.90 Å². The molecule has 0 saturated heterocycles. The number of sulfone groups is 1. The first-order chi connectivity index (χ1) is 13.9. The van der Waals surface area contributed by atoms with Gasteiger partial charge in [0.25, 0.3) is 0 Å². The standard InChI is InChI=1S/C23H16N2O3S/c1-16-9-11-18(12-10-16)23(26)22-15-25(19-6-4-5-17(13-19)14-24)20-7-2-3-8-21(20)29(22,27)28/h2-13,15H,1H3. The van der Waals surface area contributed by atoms with Gasteiger partial charge in [-0.2, -0.15) is 5.26 Å². The molecule has 0 aliphatic carbocycles. The normalized spacial score (nSPS) is 14.5. The van der Waals surface area contributed by atoms with Crippen LogP contribution >= 0.6 is 0 Å². The van der Waals surface area contributed by atoms with Crippen molar-refractivity contribution in [1.82, 2.24) is 0 Å². The number of Topliss-reactive ketones (excluding diaryl/α,β-unsaturated/α-hetero) is 1. The molecule has 0 atom stereocenters. The van der Waals surface area contributed by atoms with Crippen molar-refractivity contribution in [3.63, 3.8) is 0 Å². The first-order valence-electron chi connectivity index (χ1n) is 8.88. The van der Waals surface area contributed by atoms with E-state index in [0.29, 0.717) is 22.5 Å². The Balaban J connectivity index is 1.92. The third-order valence-corrected chi connectivity index (χ3v) is 6.54. The number of hydrogen-bond donors (Lipinski definition) is 0. The summed E-state index contributed by atoms with van der Waals surface area (Å²) in [7, 11) is -3.99. The van der Waals surface area contributed by atoms with Crippen LogP contribution in [-0.2, 0) is 9.84 Å². The lowest BCUT2D eigenvalue weighted by atomic mass is 10.1. The lowest BCUT2D eigenvalue weighted by molar-refractivity contribution is 0.104. The summed E-state index contributed by atoms with van der Waals surface area (Å²) in [6, 6.07) is 22.2. The SMILES string of the molecule is Cc1ccc(C(=O)C2=CN(c3cccc(C#N)c3)c3ccccc3S2(=O)=O)cc1. The van der Waals surface area contributed by atoms with Gasteiger partial charge in [0.15, 0.2) is 0 Å². The minimum Gasteiger partial charge on any atom is -0.314 e. The zero-order valence-electron chi connectivity index (χ0n) is 15.5. The van der Waals surface area contributed by atoms with E-state index >= 15 is 0 Å². The summed E-state index contributed by atoms with van der Waals surface area (Å²) in [6.45, 7) is 1.89. The number of hydrogen-bond acceptors (Lipinski definition) is 5. The van der Waals surface area contributed by atoms with Gasteiger partial charge in [-0.25, -0.2) is 8.42 Å². The van der Waals surface area contributed by atoms with Crippen LogP contribution in [0.3, 0.4) is 0 Å². The smallest absolute Gasteiger partial charge is 0.214 e. The molecule has 5 nitrogen and oxygen atoms in total. The van der Waals surface area contributed by atoms with Gasteiger partial charge in [0, 0.05) is 17.5 Å². The number of nitrogens with zero attached hydrogens (tertiary/aromatic N) is 2. The van der Waals surface area contributed by atoms with E-state index in [1.165, 1.54) is 12.3 Å². The Morgan fingerprint density at radius 1 is 0.966 bits per heavy atom. The fourth-order valence-corrected chi connectivity index (χ4v) is 4.77. The molecule has 0 spiro atoms. The predicted molar refractivity (Wildman–Crippen MR) is 111 cm³/mol. The number of carbonyl (C=O) groups is 1. The monoisotopic (exact) mass is 400 g/mol. The Morgan fingerprint density at radius 2 is 1.69 bits per heavy atom. The molecule has 4 rings (SSSR count). The summed E-state index contributed by atoms with van der Waals surface area (Å²) in [5.74, 6) is -0.569. The van der Waals surface area contributed by atoms with Gasteiger partial charge in [0.2, 0.25) is 15.6 Å². The highest BCUT2D eigenvalue weighted by Gasteiger charge is 2.36. The first kappa shape index (κ1) is 18.7. The first-order valence-corrected chi connectivity index (χ1v) is 10.4. The van der Waals surface area contributed by atoms with E-state index in [4.69, 9.17) is 0 Å². The summed E-state index contributed by atoms with van der Waals surface area (Å²) >= 11 is 0. The summed E-state index contributed by atoms with van der Waals surface area (Å²) in [5, 5.41) is 9.22. The minimum absolute atomic E-state index is 0.0559. The van der Waals surface area contributed by atoms with Crippen LogP contribution in [0.15, 0.2) is 88.8 Å². The molecular formula is C23H16N2O3S. The van der Waals surface area contributed by atoms with Gasteiger partial charge in [-0.15, -0.1) is 0 Å². The second kappa shape index (κ2) is 7.04. The molecule has 0 bridgehead atoms. The van der Waals surface area contributed by atoms with Crippen molar-refractivity contribution < 1.29 is 13.2 Å². The van der Waals surface area contributed by atoms with Gasteiger partial charge >= 0.3 is 0 Å². The highest BCUT2D eigenvalue weighted by Crippen LogP contribution is 2.40. The second-order valence-corrected chi connectivity index (χ2v) is 8.58. The third kappa shape index (κ3) is 3.22. The molecule has 1 heterocycles. The Hall–Kier alpha value is -3.69. The average molecular weight is 400 g/mol. The number of para-hydroxylation sites is 1. The number of rotatable bonds is 3. The molecule has 1 aliphatic heterocycles. The van der Waals surface area contributed by atoms with E-state index in [1.54, 1.807) is 71.6 Å². The van der Waals surface area contributed by atoms with Crippen LogP contribution in [0.1, 0.15) is 21.5 Å². The van der Waals surface area contributed by atoms with Gasteiger partial charge in [-0.3, -0.25) is 4.79 Å². The number of ketones is 1. The van der Waals surface area contributed by atoms with Gasteiger partial charge in [0.05, 0.1) is 22.2 Å². The molecule has 29 heavy (non-hydrogen) atoms. The van der Waals surface area contributed by atoms with E-state index in [2.05, 4.69) is 6.07 Å². The maximum atomic E-state index is 13.2. The number of fused-ring (bicyclic) bond motifs is 1. The third-order valence-electron chi connectivity index (χ3n) is 4.74. The fourth-order valence-electron chi connectivity index (χ4n) is 3.22. The minimum atomic E-state index is -3.99. The molecular weight excluding hydrogens is 384 g/mol. The van der Waals surface area contributed by atoms with Crippen LogP contribution in [0.4, 0.5) is 11.4 Å². The summed E-state index contributed by atoms with van der Waals surface area (Å²) < 4.78 is 26.4. The molecule has 3 aromatic carbocycles. The summed E-state index contributed by atoms with van der Waals surface area (Å²) in [5.41, 5.74) is 2.75. The van der Waals surface area contributed by atoms with Crippen molar-refractivity contribution >= 4 is 27.0 Å². The van der Waals surface area contributed by atoms with Crippen LogP contribution in [0.2, 0.25) is 0 Å². The molecule has 3 aromatic rings. The van der Waals surface area contributed by atoms with Crippen molar-refractivity contribution in [2.24, 2.45) is 0 Å². The molecule has 142 valence electrons. The highest BCUT2D eigenvalue weighted by molar-refractivity contribution is 7.96. The van der Waals surface area contributed by atoms with Crippen molar-refractivity contribution in [2.45, 2.75) is 11.8 Å². The maximum Gasteiger partial charge on any atom is 0.214 e. The van der Waals surface area contributed by atoms with E-state index < -0.39 is 15.6 Å². The molecule has 0 saturated carbocycles. The number of aryl methyl sites for hydroxylation is 1. The van der Waals surface area contributed by atoms with Gasteiger partial charge in [-0.05, 0) is 37.3 Å². The molecule has 0 fully saturated rings. The Kier molecular flexibility index (Phi) is 4.53. The number of carbonyl (C=O) groups excluding carboxylic acids is 1. The van der Waals surface area contributed by atoms with Gasteiger partial charge < -0.3 is 4.90 Å². The van der Waals surface area contributed by atoms with E-state index in [0.717, 1.165) is 5.56 Å². The molecule has 0 amide bonds. The van der Waals surface area contributed by atoms with E-state index in [1.807, 2.05) is 6.92 Å². The molecule has 0 aromatic heterocycles. The number of anilines is 2. The Bertz CT molecular complexity index is 1300. The zero-order chi connectivity index (χ0) is 20.6. The quantitative estimate of drug-likeness (QED) is 0.604. The molecule has 0 radical (unpaired) electrons. The molecule has 0 N–H and O–H groups in total. The lowest BCUT2D eigenvalue weighted by Gasteiger charge is -2.29. The maximum absolute atomic E-state index is 13.2. The van der Waals surface area contributed by atoms with Gasteiger partial charge in [0.1, 0.15) is 4.91 Å². The highest BCUT2D eigenvalue weighted by atomic mass is 32.2. The Labute approximate surface area is 169 Å². The molecule has 1 aliphatic rings. The summed E-state index contributed by atoms with van der Waals surface area (Å²) in [6.07, 6.45) is 1.34. The zero-order valence-corrected chi connectivity index (χ0v) is 16.3. The molecule has 0 unspecified atom stereocenters. The number of nitriles is 1. The fraction of sp³-hybridized carbons (Fsp3) is 0.0435. The van der Waals surface area contributed by atoms with Crippen LogP contribution in [0, 0.1) is 18.3 Å². The lowest BCUT2D eigenvalue weighted by Crippen LogP contribution is -2.25. The second-order valence-electron chi connectivity index (χ2n) is 6.69. The Morgan fingerprint density at radius 3 is 2.41 bits per heavy atom. The molecule has 6 heteroatoms. The van der Waals surface area contributed by atoms with Crippen LogP contribution in [0.5, 0.6) is 0 Å². The van der Waals surface area contributed by atoms with Crippen molar-refractivity contribution in [2.75, 3.05) is 4.90 Å². The van der Waals surface area contributed by atoms with Crippen molar-refractivity contribution in [1.29, 1.82) is 5.26 Å². The summed E-state index contributed by atoms with van der Waals surface area (Å²) in [4.78, 5) is 14.5. The van der Waals surface area contributed by atoms with Crippen LogP contribution in [-0.4, -0.2) is 14.2 Å². The average Bonchev–Trinajstić information content (AvgIpc) is 2.74. The largest absolute Gasteiger partial charge is 0.314 e. The number of benzene rings is 3. The predicted octanol–water partition coefficient (Wildman–Crippen LogP) is 4.52. The number of allylic oxidation sites excluding steroid dienone is 1. The van der Waals surface area contributed by atoms with E-state index in [9.17, 15) is 18.5 Å². The van der Waals surface area contributed by atoms with Crippen LogP contribution in [0.25, 0.3) is 0 Å². The van der Waals surface area contributed by atoms with Crippen molar-refractivity contribution in [3.8, 4) is 6.07 Å². The van der Waals surface area contributed by atoms with Crippen molar-refractivity contribution in [3.05, 3.63) is 101 Å². The topological polar surface area (TPSA) is 78.2 Å². The van der Waals surface area contributed by atoms with Gasteiger partial charge in [-0.1, -0.05) is 48.0 Å².